The van der Waals surface area contributed by atoms with Crippen LogP contribution in [0.3, 0.4) is 0 Å². The first-order valence-electron chi connectivity index (χ1n) is 5.96. The molecular weight excluding hydrogens is 282 g/mol. The van der Waals surface area contributed by atoms with E-state index in [4.69, 9.17) is 0 Å². The van der Waals surface area contributed by atoms with E-state index in [-0.39, 0.29) is 11.4 Å². The Morgan fingerprint density at radius 1 is 1.21 bits per heavy atom. The monoisotopic (exact) mass is 295 g/mol. The first-order valence-corrected chi connectivity index (χ1v) is 8.32. The van der Waals surface area contributed by atoms with Crippen LogP contribution in [0.5, 0.6) is 5.75 Å². The maximum atomic E-state index is 12.4. The number of aromatic hydroxyl groups is 1. The molecule has 1 aliphatic rings. The van der Waals surface area contributed by atoms with Crippen molar-refractivity contribution in [2.75, 3.05) is 4.72 Å². The molecule has 1 saturated carbocycles. The van der Waals surface area contributed by atoms with Gasteiger partial charge in [-0.1, -0.05) is 12.1 Å². The van der Waals surface area contributed by atoms with E-state index < -0.39 is 10.0 Å². The lowest BCUT2D eigenvalue weighted by Crippen LogP contribution is -2.13. The Bertz CT molecular complexity index is 702. The van der Waals surface area contributed by atoms with Crippen LogP contribution < -0.4 is 4.72 Å². The molecule has 1 aromatic heterocycles. The van der Waals surface area contributed by atoms with Gasteiger partial charge >= 0.3 is 0 Å². The molecule has 6 heteroatoms. The molecule has 3 rings (SSSR count). The number of benzene rings is 1. The maximum Gasteiger partial charge on any atom is 0.271 e. The van der Waals surface area contributed by atoms with Crippen molar-refractivity contribution in [3.63, 3.8) is 0 Å². The summed E-state index contributed by atoms with van der Waals surface area (Å²) in [6.45, 7) is 0. The van der Waals surface area contributed by atoms with E-state index in [9.17, 15) is 13.5 Å². The zero-order valence-electron chi connectivity index (χ0n) is 10.0. The largest absolute Gasteiger partial charge is 0.506 e. The summed E-state index contributed by atoms with van der Waals surface area (Å²) < 4.78 is 27.5. The van der Waals surface area contributed by atoms with Crippen molar-refractivity contribution >= 4 is 27.0 Å². The van der Waals surface area contributed by atoms with Gasteiger partial charge in [0.15, 0.2) is 0 Å². The van der Waals surface area contributed by atoms with Gasteiger partial charge in [0.1, 0.15) is 9.96 Å². The lowest BCUT2D eigenvalue weighted by Gasteiger charge is -2.09. The molecule has 1 aliphatic carbocycles. The fourth-order valence-electron chi connectivity index (χ4n) is 1.97. The second kappa shape index (κ2) is 4.54. The molecule has 0 aliphatic heterocycles. The summed E-state index contributed by atoms with van der Waals surface area (Å²) in [4.78, 5) is 0. The Labute approximate surface area is 115 Å². The van der Waals surface area contributed by atoms with E-state index in [0.29, 0.717) is 10.1 Å². The standard InChI is InChI=1S/C13H13NO3S2/c15-12-4-2-1-3-11(12)14-19(16,17)13-10(7-8-18-13)9-5-6-9/h1-4,7-9,14-15H,5-6H2. The highest BCUT2D eigenvalue weighted by molar-refractivity contribution is 7.94. The lowest BCUT2D eigenvalue weighted by molar-refractivity contribution is 0.477. The summed E-state index contributed by atoms with van der Waals surface area (Å²) in [5.74, 6) is 0.304. The van der Waals surface area contributed by atoms with Crippen LogP contribution in [-0.4, -0.2) is 13.5 Å². The van der Waals surface area contributed by atoms with Gasteiger partial charge in [-0.3, -0.25) is 4.72 Å². The first kappa shape index (κ1) is 12.5. The summed E-state index contributed by atoms with van der Waals surface area (Å²) in [5, 5.41) is 11.4. The molecule has 2 aromatic rings. The Balaban J connectivity index is 1.95. The molecular formula is C13H13NO3S2. The molecule has 0 atom stereocenters. The van der Waals surface area contributed by atoms with Crippen LogP contribution >= 0.6 is 11.3 Å². The number of rotatable bonds is 4. The summed E-state index contributed by atoms with van der Waals surface area (Å²) >= 11 is 1.22. The van der Waals surface area contributed by atoms with Crippen LogP contribution in [-0.2, 0) is 10.0 Å². The van der Waals surface area contributed by atoms with Crippen molar-refractivity contribution in [3.05, 3.63) is 41.3 Å². The molecule has 1 fully saturated rings. The van der Waals surface area contributed by atoms with Gasteiger partial charge in [-0.05, 0) is 47.9 Å². The normalized spacial score (nSPS) is 15.4. The number of hydrogen-bond donors (Lipinski definition) is 2. The number of nitrogens with one attached hydrogen (secondary N) is 1. The summed E-state index contributed by atoms with van der Waals surface area (Å²) in [7, 11) is -3.62. The Morgan fingerprint density at radius 2 is 1.95 bits per heavy atom. The smallest absolute Gasteiger partial charge is 0.271 e. The Kier molecular flexibility index (Phi) is 2.99. The third kappa shape index (κ3) is 2.46. The second-order valence-electron chi connectivity index (χ2n) is 4.56. The van der Waals surface area contributed by atoms with Crippen LogP contribution in [0.1, 0.15) is 24.3 Å². The molecule has 0 amide bonds. The molecule has 0 radical (unpaired) electrons. The number of phenols is 1. The zero-order chi connectivity index (χ0) is 13.5. The minimum absolute atomic E-state index is 0.0735. The maximum absolute atomic E-state index is 12.4. The Morgan fingerprint density at radius 3 is 2.63 bits per heavy atom. The number of para-hydroxylation sites is 2. The topological polar surface area (TPSA) is 66.4 Å². The van der Waals surface area contributed by atoms with Crippen LogP contribution in [0.15, 0.2) is 39.9 Å². The number of anilines is 1. The highest BCUT2D eigenvalue weighted by Gasteiger charge is 2.31. The SMILES string of the molecule is O=S(=O)(Nc1ccccc1O)c1sccc1C1CC1. The van der Waals surface area contributed by atoms with Gasteiger partial charge in [0.25, 0.3) is 10.0 Å². The third-order valence-electron chi connectivity index (χ3n) is 3.07. The van der Waals surface area contributed by atoms with Gasteiger partial charge in [0.05, 0.1) is 5.69 Å². The molecule has 0 unspecified atom stereocenters. The van der Waals surface area contributed by atoms with Crippen molar-refractivity contribution < 1.29 is 13.5 Å². The van der Waals surface area contributed by atoms with Crippen LogP contribution in [0, 0.1) is 0 Å². The van der Waals surface area contributed by atoms with E-state index in [2.05, 4.69) is 4.72 Å². The van der Waals surface area contributed by atoms with E-state index in [1.807, 2.05) is 6.07 Å². The van der Waals surface area contributed by atoms with Crippen LogP contribution in [0.2, 0.25) is 0 Å². The van der Waals surface area contributed by atoms with Gasteiger partial charge in [-0.25, -0.2) is 8.42 Å². The average molecular weight is 295 g/mol. The predicted octanol–water partition coefficient (Wildman–Crippen LogP) is 3.13. The van der Waals surface area contributed by atoms with E-state index in [1.54, 1.807) is 17.5 Å². The van der Waals surface area contributed by atoms with Crippen molar-refractivity contribution in [2.45, 2.75) is 23.0 Å². The van der Waals surface area contributed by atoms with Crippen molar-refractivity contribution in [3.8, 4) is 5.75 Å². The highest BCUT2D eigenvalue weighted by atomic mass is 32.2. The minimum atomic E-state index is -3.62. The van der Waals surface area contributed by atoms with Gasteiger partial charge in [-0.2, -0.15) is 0 Å². The molecule has 19 heavy (non-hydrogen) atoms. The third-order valence-corrected chi connectivity index (χ3v) is 5.95. The average Bonchev–Trinajstić information content (AvgIpc) is 3.09. The lowest BCUT2D eigenvalue weighted by atomic mass is 10.2. The fourth-order valence-corrected chi connectivity index (χ4v) is 4.58. The van der Waals surface area contributed by atoms with E-state index >= 15 is 0 Å². The molecule has 4 nitrogen and oxygen atoms in total. The quantitative estimate of drug-likeness (QED) is 0.852. The molecule has 0 saturated heterocycles. The van der Waals surface area contributed by atoms with Gasteiger partial charge < -0.3 is 5.11 Å². The van der Waals surface area contributed by atoms with Crippen molar-refractivity contribution in [1.29, 1.82) is 0 Å². The van der Waals surface area contributed by atoms with Crippen LogP contribution in [0.4, 0.5) is 5.69 Å². The summed E-state index contributed by atoms with van der Waals surface area (Å²) in [6, 6.07) is 8.19. The van der Waals surface area contributed by atoms with Gasteiger partial charge in [0, 0.05) is 0 Å². The molecule has 1 heterocycles. The fraction of sp³-hybridized carbons (Fsp3) is 0.231. The predicted molar refractivity (Wildman–Crippen MR) is 75.2 cm³/mol. The minimum Gasteiger partial charge on any atom is -0.506 e. The zero-order valence-corrected chi connectivity index (χ0v) is 11.7. The summed E-state index contributed by atoms with van der Waals surface area (Å²) in [5.41, 5.74) is 1.10. The van der Waals surface area contributed by atoms with Crippen molar-refractivity contribution in [2.24, 2.45) is 0 Å². The molecule has 100 valence electrons. The number of thiophene rings is 1. The number of hydrogen-bond acceptors (Lipinski definition) is 4. The van der Waals surface area contributed by atoms with E-state index in [1.165, 1.54) is 23.5 Å². The molecule has 0 spiro atoms. The summed E-state index contributed by atoms with van der Waals surface area (Å²) in [6.07, 6.45) is 2.10. The van der Waals surface area contributed by atoms with Gasteiger partial charge in [-0.15, -0.1) is 11.3 Å². The van der Waals surface area contributed by atoms with Gasteiger partial charge in [0.2, 0.25) is 0 Å². The van der Waals surface area contributed by atoms with Crippen molar-refractivity contribution in [1.82, 2.24) is 0 Å². The molecule has 0 bridgehead atoms. The molecule has 1 aromatic carbocycles. The first-order chi connectivity index (χ1) is 9.08. The number of phenolic OH excluding ortho intramolecular Hbond substituents is 1. The number of sulfonamides is 1. The second-order valence-corrected chi connectivity index (χ2v) is 7.35. The van der Waals surface area contributed by atoms with Crippen LogP contribution in [0.25, 0.3) is 0 Å². The highest BCUT2D eigenvalue weighted by Crippen LogP contribution is 2.45. The molecule has 2 N–H and O–H groups in total. The Hall–Kier alpha value is -1.53. The van der Waals surface area contributed by atoms with E-state index in [0.717, 1.165) is 18.4 Å².